The number of hydrogen-bond donors (Lipinski definition) is 3. The molecule has 19 heavy (non-hydrogen) atoms. The molecule has 7 nitrogen and oxygen atoms in total. The van der Waals surface area contributed by atoms with Crippen LogP contribution in [0.2, 0.25) is 0 Å². The standard InChI is InChI=1S/C12H11N5O2/c18-12(19)8(6-11-14-16-17-15-11)10-5-7-3-1-2-4-9(7)13-10/h1-5,8,13H,6H2,(H,18,19)(H,14,15,16,17). The number of aromatic nitrogens is 5. The lowest BCUT2D eigenvalue weighted by Crippen LogP contribution is -2.15. The van der Waals surface area contributed by atoms with Gasteiger partial charge in [0.05, 0.1) is 0 Å². The first-order valence-corrected chi connectivity index (χ1v) is 5.77. The Bertz CT molecular complexity index is 671. The third-order valence-corrected chi connectivity index (χ3v) is 3.00. The smallest absolute Gasteiger partial charge is 0.312 e. The first kappa shape index (κ1) is 11.4. The summed E-state index contributed by atoms with van der Waals surface area (Å²) in [5, 5.41) is 23.7. The van der Waals surface area contributed by atoms with Crippen molar-refractivity contribution < 1.29 is 9.90 Å². The first-order valence-electron chi connectivity index (χ1n) is 5.77. The number of aromatic amines is 2. The van der Waals surface area contributed by atoms with E-state index in [1.54, 1.807) is 0 Å². The molecular weight excluding hydrogens is 246 g/mol. The molecule has 0 fully saturated rings. The number of fused-ring (bicyclic) bond motifs is 1. The summed E-state index contributed by atoms with van der Waals surface area (Å²) < 4.78 is 0. The number of tetrazole rings is 1. The zero-order valence-corrected chi connectivity index (χ0v) is 9.87. The Balaban J connectivity index is 1.97. The van der Waals surface area contributed by atoms with Gasteiger partial charge in [-0.3, -0.25) is 4.79 Å². The van der Waals surface area contributed by atoms with Crippen LogP contribution in [0, 0.1) is 0 Å². The molecule has 0 saturated carbocycles. The van der Waals surface area contributed by atoms with E-state index in [-0.39, 0.29) is 6.42 Å². The van der Waals surface area contributed by atoms with Gasteiger partial charge in [-0.1, -0.05) is 23.4 Å². The van der Waals surface area contributed by atoms with E-state index in [1.807, 2.05) is 30.3 Å². The maximum atomic E-state index is 11.4. The zero-order chi connectivity index (χ0) is 13.2. The number of aliphatic carboxylic acids is 1. The van der Waals surface area contributed by atoms with Gasteiger partial charge in [0.15, 0.2) is 5.82 Å². The Morgan fingerprint density at radius 3 is 2.89 bits per heavy atom. The monoisotopic (exact) mass is 257 g/mol. The lowest BCUT2D eigenvalue weighted by molar-refractivity contribution is -0.138. The van der Waals surface area contributed by atoms with Crippen LogP contribution in [0.3, 0.4) is 0 Å². The molecule has 1 aromatic carbocycles. The molecule has 0 bridgehead atoms. The summed E-state index contributed by atoms with van der Waals surface area (Å²) in [7, 11) is 0. The van der Waals surface area contributed by atoms with Gasteiger partial charge in [-0.15, -0.1) is 10.2 Å². The zero-order valence-electron chi connectivity index (χ0n) is 9.87. The second kappa shape index (κ2) is 4.52. The van der Waals surface area contributed by atoms with Crippen LogP contribution in [-0.4, -0.2) is 36.7 Å². The molecule has 1 atom stereocenters. The van der Waals surface area contributed by atoms with Gasteiger partial charge < -0.3 is 10.1 Å². The molecule has 3 aromatic rings. The Morgan fingerprint density at radius 2 is 2.21 bits per heavy atom. The second-order valence-corrected chi connectivity index (χ2v) is 4.23. The molecule has 3 N–H and O–H groups in total. The average Bonchev–Trinajstić information content (AvgIpc) is 3.04. The molecule has 0 aliphatic heterocycles. The van der Waals surface area contributed by atoms with Gasteiger partial charge in [0.1, 0.15) is 5.92 Å². The van der Waals surface area contributed by atoms with Crippen LogP contribution >= 0.6 is 0 Å². The topological polar surface area (TPSA) is 108 Å². The van der Waals surface area contributed by atoms with E-state index < -0.39 is 11.9 Å². The Morgan fingerprint density at radius 1 is 1.37 bits per heavy atom. The first-order chi connectivity index (χ1) is 9.24. The summed E-state index contributed by atoms with van der Waals surface area (Å²) >= 11 is 0. The predicted molar refractivity (Wildman–Crippen MR) is 66.6 cm³/mol. The highest BCUT2D eigenvalue weighted by atomic mass is 16.4. The highest BCUT2D eigenvalue weighted by Gasteiger charge is 2.24. The lowest BCUT2D eigenvalue weighted by atomic mass is 10.0. The number of carbonyl (C=O) groups is 1. The highest BCUT2D eigenvalue weighted by Crippen LogP contribution is 2.23. The summed E-state index contributed by atoms with van der Waals surface area (Å²) in [4.78, 5) is 14.5. The van der Waals surface area contributed by atoms with E-state index in [4.69, 9.17) is 0 Å². The van der Waals surface area contributed by atoms with Crippen LogP contribution in [0.25, 0.3) is 10.9 Å². The molecule has 0 aliphatic rings. The highest BCUT2D eigenvalue weighted by molar-refractivity contribution is 5.84. The van der Waals surface area contributed by atoms with E-state index >= 15 is 0 Å². The van der Waals surface area contributed by atoms with Crippen LogP contribution in [-0.2, 0) is 11.2 Å². The summed E-state index contributed by atoms with van der Waals surface area (Å²) in [6, 6.07) is 9.50. The van der Waals surface area contributed by atoms with Crippen LogP contribution in [0.4, 0.5) is 0 Å². The van der Waals surface area contributed by atoms with Crippen molar-refractivity contribution in [3.8, 4) is 0 Å². The normalized spacial score (nSPS) is 12.6. The van der Waals surface area contributed by atoms with Crippen molar-refractivity contribution in [3.05, 3.63) is 41.9 Å². The van der Waals surface area contributed by atoms with E-state index in [0.717, 1.165) is 10.9 Å². The van der Waals surface area contributed by atoms with Gasteiger partial charge in [-0.2, -0.15) is 5.21 Å². The minimum atomic E-state index is -0.920. The van der Waals surface area contributed by atoms with Crippen LogP contribution in [0.1, 0.15) is 17.4 Å². The Kier molecular flexibility index (Phi) is 2.71. The number of hydrogen-bond acceptors (Lipinski definition) is 4. The third-order valence-electron chi connectivity index (χ3n) is 3.00. The van der Waals surface area contributed by atoms with Gasteiger partial charge in [0.2, 0.25) is 0 Å². The molecule has 2 aromatic heterocycles. The number of benzene rings is 1. The summed E-state index contributed by atoms with van der Waals surface area (Å²) in [6.07, 6.45) is 0.193. The van der Waals surface area contributed by atoms with Crippen molar-refractivity contribution >= 4 is 16.9 Å². The molecule has 96 valence electrons. The van der Waals surface area contributed by atoms with Crippen molar-refractivity contribution in [3.63, 3.8) is 0 Å². The van der Waals surface area contributed by atoms with Crippen molar-refractivity contribution in [2.45, 2.75) is 12.3 Å². The fourth-order valence-corrected chi connectivity index (χ4v) is 2.07. The van der Waals surface area contributed by atoms with E-state index in [2.05, 4.69) is 25.6 Å². The third kappa shape index (κ3) is 2.17. The van der Waals surface area contributed by atoms with Crippen molar-refractivity contribution in [1.82, 2.24) is 25.6 Å². The molecule has 1 unspecified atom stereocenters. The Labute approximate surface area is 107 Å². The number of carboxylic acids is 1. The largest absolute Gasteiger partial charge is 0.481 e. The molecule has 0 amide bonds. The summed E-state index contributed by atoms with van der Waals surface area (Å²) in [5.41, 5.74) is 1.55. The number of para-hydroxylation sites is 1. The lowest BCUT2D eigenvalue weighted by Gasteiger charge is -2.07. The minimum Gasteiger partial charge on any atom is -0.481 e. The molecule has 7 heteroatoms. The van der Waals surface area contributed by atoms with Gasteiger partial charge in [0.25, 0.3) is 0 Å². The summed E-state index contributed by atoms with van der Waals surface area (Å²) in [6.45, 7) is 0. The second-order valence-electron chi connectivity index (χ2n) is 4.23. The van der Waals surface area contributed by atoms with Gasteiger partial charge in [-0.05, 0) is 17.5 Å². The quantitative estimate of drug-likeness (QED) is 0.648. The van der Waals surface area contributed by atoms with Crippen LogP contribution in [0.5, 0.6) is 0 Å². The number of nitrogens with one attached hydrogen (secondary N) is 2. The predicted octanol–water partition coefficient (Wildman–Crippen LogP) is 1.09. The molecule has 3 rings (SSSR count). The summed E-state index contributed by atoms with van der Waals surface area (Å²) in [5.74, 6) is -1.26. The SMILES string of the molecule is O=C(O)C(Cc1nn[nH]n1)c1cc2ccccc2[nH]1. The van der Waals surface area contributed by atoms with E-state index in [9.17, 15) is 9.90 Å². The number of rotatable bonds is 4. The van der Waals surface area contributed by atoms with E-state index in [0.29, 0.717) is 11.5 Å². The number of carboxylic acid groups (broad SMARTS) is 1. The Hall–Kier alpha value is -2.70. The molecular formula is C12H11N5O2. The molecule has 0 radical (unpaired) electrons. The number of nitrogens with zero attached hydrogens (tertiary/aromatic N) is 3. The minimum absolute atomic E-state index is 0.193. The molecule has 0 saturated heterocycles. The van der Waals surface area contributed by atoms with Crippen LogP contribution in [0.15, 0.2) is 30.3 Å². The van der Waals surface area contributed by atoms with Gasteiger partial charge >= 0.3 is 5.97 Å². The number of H-pyrrole nitrogens is 2. The maximum Gasteiger partial charge on any atom is 0.312 e. The molecule has 2 heterocycles. The molecule has 0 spiro atoms. The van der Waals surface area contributed by atoms with Crippen molar-refractivity contribution in [1.29, 1.82) is 0 Å². The fraction of sp³-hybridized carbons (Fsp3) is 0.167. The van der Waals surface area contributed by atoms with Crippen molar-refractivity contribution in [2.75, 3.05) is 0 Å². The average molecular weight is 257 g/mol. The van der Waals surface area contributed by atoms with Crippen LogP contribution < -0.4 is 0 Å². The van der Waals surface area contributed by atoms with Gasteiger partial charge in [0, 0.05) is 17.6 Å². The van der Waals surface area contributed by atoms with Crippen molar-refractivity contribution in [2.24, 2.45) is 0 Å². The van der Waals surface area contributed by atoms with E-state index in [1.165, 1.54) is 0 Å². The van der Waals surface area contributed by atoms with Gasteiger partial charge in [-0.25, -0.2) is 0 Å². The maximum absolute atomic E-state index is 11.4. The molecule has 0 aliphatic carbocycles. The fourth-order valence-electron chi connectivity index (χ4n) is 2.07.